The summed E-state index contributed by atoms with van der Waals surface area (Å²) in [6.07, 6.45) is 2.21. The predicted molar refractivity (Wildman–Crippen MR) is 86.3 cm³/mol. The minimum absolute atomic E-state index is 0.318. The van der Waals surface area contributed by atoms with Crippen LogP contribution in [0.5, 0.6) is 11.5 Å². The van der Waals surface area contributed by atoms with Crippen LogP contribution in [0.25, 0.3) is 0 Å². The molecule has 1 spiro atoms. The highest BCUT2D eigenvalue weighted by molar-refractivity contribution is 5.62. The highest BCUT2D eigenvalue weighted by Gasteiger charge is 2.44. The van der Waals surface area contributed by atoms with E-state index in [0.29, 0.717) is 19.3 Å². The van der Waals surface area contributed by atoms with Crippen molar-refractivity contribution in [2.45, 2.75) is 31.8 Å². The number of hydrogen-bond donors (Lipinski definition) is 0. The van der Waals surface area contributed by atoms with Crippen molar-refractivity contribution in [1.29, 1.82) is 0 Å². The molecule has 4 rings (SSSR count). The van der Waals surface area contributed by atoms with Crippen LogP contribution in [0.3, 0.4) is 0 Å². The third-order valence-corrected chi connectivity index (χ3v) is 5.11. The standard InChI is InChI=1S/C18H23NO5/c1-13(8-14-2-3-15-16(9-14)23-12-22-15)10-19-6-4-18(5-7-19)11-21-17(20)24-18/h2-3,9,13H,4-8,10-12H2,1H3/t13-/m1/s1. The first-order valence-corrected chi connectivity index (χ1v) is 8.59. The first kappa shape index (κ1) is 15.6. The highest BCUT2D eigenvalue weighted by Crippen LogP contribution is 2.34. The summed E-state index contributed by atoms with van der Waals surface area (Å²) < 4.78 is 21.1. The molecule has 0 aromatic heterocycles. The van der Waals surface area contributed by atoms with E-state index in [4.69, 9.17) is 18.9 Å². The van der Waals surface area contributed by atoms with E-state index in [2.05, 4.69) is 24.0 Å². The molecule has 3 heterocycles. The Bertz CT molecular complexity index is 624. The Morgan fingerprint density at radius 3 is 2.71 bits per heavy atom. The van der Waals surface area contributed by atoms with Gasteiger partial charge in [-0.3, -0.25) is 0 Å². The van der Waals surface area contributed by atoms with Crippen molar-refractivity contribution in [2.75, 3.05) is 33.0 Å². The van der Waals surface area contributed by atoms with E-state index in [0.717, 1.165) is 50.4 Å². The van der Waals surface area contributed by atoms with Crippen LogP contribution >= 0.6 is 0 Å². The SMILES string of the molecule is C[C@H](Cc1ccc2c(c1)OCO2)CN1CCC2(CC1)COC(=O)O2. The van der Waals surface area contributed by atoms with Gasteiger partial charge in [-0.1, -0.05) is 13.0 Å². The van der Waals surface area contributed by atoms with Gasteiger partial charge in [-0.2, -0.15) is 0 Å². The first-order chi connectivity index (χ1) is 11.6. The summed E-state index contributed by atoms with van der Waals surface area (Å²) in [6.45, 7) is 5.93. The Morgan fingerprint density at radius 1 is 1.17 bits per heavy atom. The summed E-state index contributed by atoms with van der Waals surface area (Å²) in [4.78, 5) is 13.6. The zero-order valence-corrected chi connectivity index (χ0v) is 14.0. The van der Waals surface area contributed by atoms with Gasteiger partial charge in [0.1, 0.15) is 6.61 Å². The largest absolute Gasteiger partial charge is 0.509 e. The average molecular weight is 333 g/mol. The average Bonchev–Trinajstić information content (AvgIpc) is 3.16. The lowest BCUT2D eigenvalue weighted by Gasteiger charge is -2.37. The summed E-state index contributed by atoms with van der Waals surface area (Å²) >= 11 is 0. The van der Waals surface area contributed by atoms with E-state index in [1.54, 1.807) is 0 Å². The van der Waals surface area contributed by atoms with E-state index >= 15 is 0 Å². The lowest BCUT2D eigenvalue weighted by molar-refractivity contribution is -0.00254. The molecule has 130 valence electrons. The van der Waals surface area contributed by atoms with Crippen molar-refractivity contribution >= 4 is 6.16 Å². The van der Waals surface area contributed by atoms with Gasteiger partial charge in [-0.15, -0.1) is 0 Å². The fraction of sp³-hybridized carbons (Fsp3) is 0.611. The molecule has 24 heavy (non-hydrogen) atoms. The number of ether oxygens (including phenoxy) is 4. The Labute approximate surface area is 141 Å². The number of fused-ring (bicyclic) bond motifs is 1. The van der Waals surface area contributed by atoms with Crippen molar-refractivity contribution in [3.05, 3.63) is 23.8 Å². The van der Waals surface area contributed by atoms with Crippen molar-refractivity contribution in [3.63, 3.8) is 0 Å². The minimum atomic E-state index is -0.514. The van der Waals surface area contributed by atoms with E-state index < -0.39 is 6.16 Å². The van der Waals surface area contributed by atoms with Gasteiger partial charge in [0.05, 0.1) is 0 Å². The quantitative estimate of drug-likeness (QED) is 0.790. The van der Waals surface area contributed by atoms with Crippen LogP contribution in [0, 0.1) is 5.92 Å². The Hall–Kier alpha value is -1.95. The van der Waals surface area contributed by atoms with Gasteiger partial charge in [0, 0.05) is 32.5 Å². The highest BCUT2D eigenvalue weighted by atomic mass is 16.8. The summed E-state index contributed by atoms with van der Waals surface area (Å²) in [6, 6.07) is 6.19. The van der Waals surface area contributed by atoms with Crippen molar-refractivity contribution in [1.82, 2.24) is 4.90 Å². The van der Waals surface area contributed by atoms with Gasteiger partial charge >= 0.3 is 6.16 Å². The Kier molecular flexibility index (Phi) is 4.00. The van der Waals surface area contributed by atoms with Crippen LogP contribution in [0.15, 0.2) is 18.2 Å². The van der Waals surface area contributed by atoms with Crippen LogP contribution in [0.4, 0.5) is 4.79 Å². The normalized spacial score (nSPS) is 23.1. The lowest BCUT2D eigenvalue weighted by atomic mass is 9.91. The number of cyclic esters (lactones) is 1. The number of carbonyl (C=O) groups is 1. The van der Waals surface area contributed by atoms with E-state index in [1.807, 2.05) is 6.07 Å². The molecule has 0 unspecified atom stereocenters. The molecule has 2 saturated heterocycles. The van der Waals surface area contributed by atoms with Gasteiger partial charge < -0.3 is 23.8 Å². The van der Waals surface area contributed by atoms with E-state index in [9.17, 15) is 4.79 Å². The van der Waals surface area contributed by atoms with Gasteiger partial charge in [0.2, 0.25) is 6.79 Å². The van der Waals surface area contributed by atoms with Crippen LogP contribution in [0.1, 0.15) is 25.3 Å². The first-order valence-electron chi connectivity index (χ1n) is 8.59. The summed E-state index contributed by atoms with van der Waals surface area (Å²) in [5.74, 6) is 2.23. The summed E-state index contributed by atoms with van der Waals surface area (Å²) in [5, 5.41) is 0. The second-order valence-electron chi connectivity index (χ2n) is 7.12. The van der Waals surface area contributed by atoms with Gasteiger partial charge in [0.25, 0.3) is 0 Å². The van der Waals surface area contributed by atoms with Crippen LogP contribution in [-0.4, -0.2) is 49.7 Å². The smallest absolute Gasteiger partial charge is 0.454 e. The molecular weight excluding hydrogens is 310 g/mol. The molecule has 0 amide bonds. The molecule has 0 saturated carbocycles. The minimum Gasteiger partial charge on any atom is -0.454 e. The molecular formula is C18H23NO5. The fourth-order valence-electron chi connectivity index (χ4n) is 3.79. The molecule has 3 aliphatic heterocycles. The van der Waals surface area contributed by atoms with Crippen molar-refractivity contribution < 1.29 is 23.7 Å². The molecule has 2 fully saturated rings. The number of likely N-dealkylation sites (tertiary alicyclic amines) is 1. The van der Waals surface area contributed by atoms with Crippen molar-refractivity contribution in [2.24, 2.45) is 5.92 Å². The number of benzene rings is 1. The molecule has 0 radical (unpaired) electrons. The second-order valence-corrected chi connectivity index (χ2v) is 7.12. The molecule has 6 heteroatoms. The van der Waals surface area contributed by atoms with Gasteiger partial charge in [0.15, 0.2) is 17.1 Å². The summed E-state index contributed by atoms with van der Waals surface area (Å²) in [5.41, 5.74) is 0.909. The summed E-state index contributed by atoms with van der Waals surface area (Å²) in [7, 11) is 0. The van der Waals surface area contributed by atoms with E-state index in [1.165, 1.54) is 5.56 Å². The molecule has 1 aromatic rings. The maximum absolute atomic E-state index is 11.2. The maximum Gasteiger partial charge on any atom is 0.509 e. The number of hydrogen-bond acceptors (Lipinski definition) is 6. The number of piperidine rings is 1. The maximum atomic E-state index is 11.2. The molecule has 0 N–H and O–H groups in total. The monoisotopic (exact) mass is 333 g/mol. The van der Waals surface area contributed by atoms with E-state index in [-0.39, 0.29) is 5.60 Å². The zero-order chi connectivity index (χ0) is 16.6. The van der Waals surface area contributed by atoms with Gasteiger partial charge in [-0.25, -0.2) is 4.79 Å². The lowest BCUT2D eigenvalue weighted by Crippen LogP contribution is -2.47. The van der Waals surface area contributed by atoms with Crippen molar-refractivity contribution in [3.8, 4) is 11.5 Å². The second kappa shape index (κ2) is 6.16. The third-order valence-electron chi connectivity index (χ3n) is 5.11. The number of carbonyl (C=O) groups excluding carboxylic acids is 1. The van der Waals surface area contributed by atoms with Crippen LogP contribution in [0.2, 0.25) is 0 Å². The molecule has 1 atom stereocenters. The van der Waals surface area contributed by atoms with Gasteiger partial charge in [-0.05, 0) is 30.0 Å². The molecule has 6 nitrogen and oxygen atoms in total. The predicted octanol–water partition coefficient (Wildman–Crippen LogP) is 2.60. The molecule has 0 aliphatic carbocycles. The fourth-order valence-corrected chi connectivity index (χ4v) is 3.79. The number of nitrogens with zero attached hydrogens (tertiary/aromatic N) is 1. The third kappa shape index (κ3) is 3.15. The van der Waals surface area contributed by atoms with Crippen LogP contribution in [-0.2, 0) is 15.9 Å². The topological polar surface area (TPSA) is 57.2 Å². The zero-order valence-electron chi connectivity index (χ0n) is 14.0. The molecule has 1 aromatic carbocycles. The Morgan fingerprint density at radius 2 is 1.96 bits per heavy atom. The Balaban J connectivity index is 1.28. The van der Waals surface area contributed by atoms with Crippen LogP contribution < -0.4 is 9.47 Å². The molecule has 3 aliphatic rings. The molecule has 0 bridgehead atoms. The number of rotatable bonds is 4.